The summed E-state index contributed by atoms with van der Waals surface area (Å²) in [5.74, 6) is 1.31. The maximum atomic E-state index is 14.3. The van der Waals surface area contributed by atoms with Crippen molar-refractivity contribution in [2.75, 3.05) is 10.3 Å². The fourth-order valence-corrected chi connectivity index (χ4v) is 4.09. The largest absolute Gasteiger partial charge is 0.366 e. The van der Waals surface area contributed by atoms with Gasteiger partial charge in [-0.15, -0.1) is 0 Å². The molecular weight excluding hydrogens is 485 g/mol. The average molecular weight is 509 g/mol. The number of hydrazine groups is 1. The molecule has 1 heterocycles. The Balaban J connectivity index is 1.66. The monoisotopic (exact) mass is 508 g/mol. The molecule has 5 N–H and O–H groups in total. The topological polar surface area (TPSA) is 127 Å². The number of rotatable bonds is 7. The predicted octanol–water partition coefficient (Wildman–Crippen LogP) is 4.54. The molecular formula is C26H23F3N6O2. The number of nitrogens with two attached hydrogens (primary N) is 2. The van der Waals surface area contributed by atoms with Gasteiger partial charge in [-0.05, 0) is 49.2 Å². The number of amides is 2. The van der Waals surface area contributed by atoms with E-state index in [1.165, 1.54) is 11.3 Å². The van der Waals surface area contributed by atoms with Crippen molar-refractivity contribution in [3.8, 4) is 0 Å². The molecule has 0 bridgehead atoms. The van der Waals surface area contributed by atoms with E-state index >= 15 is 0 Å². The van der Waals surface area contributed by atoms with Crippen molar-refractivity contribution >= 4 is 34.2 Å². The first kappa shape index (κ1) is 25.6. The summed E-state index contributed by atoms with van der Waals surface area (Å²) in [6.45, 7) is 2.97. The van der Waals surface area contributed by atoms with Crippen LogP contribution in [-0.2, 0) is 0 Å². The van der Waals surface area contributed by atoms with E-state index in [1.54, 1.807) is 42.5 Å². The molecule has 1 aromatic heterocycles. The fourth-order valence-electron chi connectivity index (χ4n) is 4.09. The summed E-state index contributed by atoms with van der Waals surface area (Å²) in [6.07, 6.45) is 1.79. The van der Waals surface area contributed by atoms with Gasteiger partial charge < -0.3 is 11.1 Å². The summed E-state index contributed by atoms with van der Waals surface area (Å²) in [4.78, 5) is 32.9. The molecule has 1 unspecified atom stereocenters. The third-order valence-corrected chi connectivity index (χ3v) is 6.04. The van der Waals surface area contributed by atoms with Crippen LogP contribution in [0.2, 0.25) is 0 Å². The lowest BCUT2D eigenvalue weighted by molar-refractivity contribution is 0.0998. The van der Waals surface area contributed by atoms with Crippen LogP contribution in [0.5, 0.6) is 0 Å². The minimum absolute atomic E-state index is 0.225. The van der Waals surface area contributed by atoms with E-state index in [4.69, 9.17) is 11.6 Å². The van der Waals surface area contributed by atoms with Gasteiger partial charge in [-0.2, -0.15) is 0 Å². The Kier molecular flexibility index (Phi) is 7.07. The SMILES string of the molecule is CCC(c1cccc(NC(=O)c2cc(F)c(C)c(F)c2F)c1)N(N)c1ncnc2c(C(N)=O)cccc12. The molecule has 1 atom stereocenters. The zero-order valence-electron chi connectivity index (χ0n) is 19.9. The average Bonchev–Trinajstić information content (AvgIpc) is 2.89. The van der Waals surface area contributed by atoms with Crippen molar-refractivity contribution in [1.29, 1.82) is 0 Å². The number of nitrogens with zero attached hydrogens (tertiary/aromatic N) is 3. The zero-order valence-corrected chi connectivity index (χ0v) is 19.9. The first-order valence-corrected chi connectivity index (χ1v) is 11.3. The van der Waals surface area contributed by atoms with Crippen LogP contribution < -0.4 is 21.9 Å². The lowest BCUT2D eigenvalue weighted by atomic mass is 10.0. The highest BCUT2D eigenvalue weighted by molar-refractivity contribution is 6.07. The van der Waals surface area contributed by atoms with Crippen LogP contribution in [0.4, 0.5) is 24.7 Å². The molecule has 0 aliphatic carbocycles. The molecule has 0 aliphatic rings. The number of fused-ring (bicyclic) bond motifs is 1. The van der Waals surface area contributed by atoms with Crippen molar-refractivity contribution < 1.29 is 22.8 Å². The first-order chi connectivity index (χ1) is 17.6. The van der Waals surface area contributed by atoms with Crippen molar-refractivity contribution in [3.05, 3.63) is 94.6 Å². The standard InChI is InChI=1S/C26H23F3N6O2/c1-3-20(35(31)25-17-9-5-8-16(24(30)36)23(17)32-12-33-25)14-6-4-7-15(10-14)34-26(37)18-11-19(27)13(2)21(28)22(18)29/h4-12,20H,3,31H2,1-2H3,(H2,30,36)(H,34,37). The van der Waals surface area contributed by atoms with E-state index in [0.717, 1.165) is 6.92 Å². The molecule has 3 aromatic carbocycles. The molecule has 4 rings (SSSR count). The van der Waals surface area contributed by atoms with Crippen LogP contribution in [0.25, 0.3) is 10.9 Å². The van der Waals surface area contributed by atoms with Gasteiger partial charge in [0.2, 0.25) is 0 Å². The normalized spacial score (nSPS) is 11.8. The lowest BCUT2D eigenvalue weighted by Gasteiger charge is -2.29. The second-order valence-electron chi connectivity index (χ2n) is 8.33. The first-order valence-electron chi connectivity index (χ1n) is 11.3. The van der Waals surface area contributed by atoms with Crippen molar-refractivity contribution in [1.82, 2.24) is 9.97 Å². The van der Waals surface area contributed by atoms with Gasteiger partial charge in [0, 0.05) is 16.6 Å². The van der Waals surface area contributed by atoms with Gasteiger partial charge in [0.1, 0.15) is 12.1 Å². The third-order valence-electron chi connectivity index (χ3n) is 6.04. The highest BCUT2D eigenvalue weighted by atomic mass is 19.2. The van der Waals surface area contributed by atoms with Crippen LogP contribution in [-0.4, -0.2) is 21.8 Å². The number of hydrogen-bond acceptors (Lipinski definition) is 6. The smallest absolute Gasteiger partial charge is 0.258 e. The second-order valence-corrected chi connectivity index (χ2v) is 8.33. The van der Waals surface area contributed by atoms with E-state index in [0.29, 0.717) is 34.8 Å². The molecule has 190 valence electrons. The van der Waals surface area contributed by atoms with Gasteiger partial charge >= 0.3 is 0 Å². The molecule has 0 aliphatic heterocycles. The number of carbonyl (C=O) groups is 2. The Morgan fingerprint density at radius 1 is 1.03 bits per heavy atom. The molecule has 0 saturated carbocycles. The number of halogens is 3. The van der Waals surface area contributed by atoms with Crippen LogP contribution >= 0.6 is 0 Å². The summed E-state index contributed by atoms with van der Waals surface area (Å²) < 4.78 is 42.2. The van der Waals surface area contributed by atoms with Crippen molar-refractivity contribution in [2.45, 2.75) is 26.3 Å². The van der Waals surface area contributed by atoms with Crippen LogP contribution in [0.1, 0.15) is 51.2 Å². The third kappa shape index (κ3) is 4.81. The maximum Gasteiger partial charge on any atom is 0.258 e. The Hall–Kier alpha value is -4.51. The van der Waals surface area contributed by atoms with Gasteiger partial charge in [-0.1, -0.05) is 25.1 Å². The molecule has 0 spiro atoms. The number of carbonyl (C=O) groups excluding carboxylic acids is 2. The second kappa shape index (κ2) is 10.2. The van der Waals surface area contributed by atoms with Crippen molar-refractivity contribution in [3.63, 3.8) is 0 Å². The van der Waals surface area contributed by atoms with E-state index in [1.807, 2.05) is 6.92 Å². The maximum absolute atomic E-state index is 14.3. The summed E-state index contributed by atoms with van der Waals surface area (Å²) >= 11 is 0. The lowest BCUT2D eigenvalue weighted by Crippen LogP contribution is -2.36. The zero-order chi connectivity index (χ0) is 26.9. The summed E-state index contributed by atoms with van der Waals surface area (Å²) in [7, 11) is 0. The molecule has 2 amide bonds. The number of primary amides is 1. The van der Waals surface area contributed by atoms with Crippen LogP contribution in [0.3, 0.4) is 0 Å². The minimum Gasteiger partial charge on any atom is -0.366 e. The summed E-state index contributed by atoms with van der Waals surface area (Å²) in [5.41, 5.74) is 5.72. The molecule has 0 saturated heterocycles. The van der Waals surface area contributed by atoms with Gasteiger partial charge in [-0.25, -0.2) is 29.0 Å². The molecule has 8 nitrogen and oxygen atoms in total. The van der Waals surface area contributed by atoms with E-state index < -0.39 is 46.4 Å². The number of anilines is 2. The van der Waals surface area contributed by atoms with Crippen molar-refractivity contribution in [2.24, 2.45) is 11.6 Å². The number of nitrogens with one attached hydrogen (secondary N) is 1. The number of hydrogen-bond donors (Lipinski definition) is 3. The Bertz CT molecular complexity index is 1530. The predicted molar refractivity (Wildman–Crippen MR) is 133 cm³/mol. The molecule has 37 heavy (non-hydrogen) atoms. The van der Waals surface area contributed by atoms with Crippen LogP contribution in [0.15, 0.2) is 54.9 Å². The fraction of sp³-hybridized carbons (Fsp3) is 0.154. The van der Waals surface area contributed by atoms with E-state index in [-0.39, 0.29) is 11.3 Å². The minimum atomic E-state index is -1.43. The highest BCUT2D eigenvalue weighted by Crippen LogP contribution is 2.32. The molecule has 4 aromatic rings. The van der Waals surface area contributed by atoms with E-state index in [9.17, 15) is 22.8 Å². The number of aromatic nitrogens is 2. The molecule has 0 fully saturated rings. The van der Waals surface area contributed by atoms with Gasteiger partial charge in [0.25, 0.3) is 11.8 Å². The van der Waals surface area contributed by atoms with Gasteiger partial charge in [0.05, 0.1) is 22.7 Å². The van der Waals surface area contributed by atoms with Gasteiger partial charge in [0.15, 0.2) is 17.5 Å². The molecule has 11 heteroatoms. The quantitative estimate of drug-likeness (QED) is 0.191. The Labute approximate surface area is 210 Å². The molecule has 0 radical (unpaired) electrons. The summed E-state index contributed by atoms with van der Waals surface area (Å²) in [5, 5.41) is 4.41. The van der Waals surface area contributed by atoms with Gasteiger partial charge in [-0.3, -0.25) is 14.6 Å². The Morgan fingerprint density at radius 3 is 2.46 bits per heavy atom. The van der Waals surface area contributed by atoms with E-state index in [2.05, 4.69) is 15.3 Å². The number of para-hydroxylation sites is 1. The summed E-state index contributed by atoms with van der Waals surface area (Å²) in [6, 6.07) is 11.7. The highest BCUT2D eigenvalue weighted by Gasteiger charge is 2.23. The number of benzene rings is 3. The van der Waals surface area contributed by atoms with Crippen LogP contribution in [0, 0.1) is 24.4 Å². The Morgan fingerprint density at radius 2 is 1.76 bits per heavy atom.